The van der Waals surface area contributed by atoms with Gasteiger partial charge >= 0.3 is 0 Å². The van der Waals surface area contributed by atoms with Crippen LogP contribution in [0.2, 0.25) is 0 Å². The second-order valence-corrected chi connectivity index (χ2v) is 4.45. The summed E-state index contributed by atoms with van der Waals surface area (Å²) in [5, 5.41) is 3.02. The molecule has 1 rings (SSSR count). The van der Waals surface area contributed by atoms with Crippen LogP contribution in [0.1, 0.15) is 18.9 Å². The van der Waals surface area contributed by atoms with Gasteiger partial charge in [0.2, 0.25) is 0 Å². The van der Waals surface area contributed by atoms with Gasteiger partial charge in [-0.15, -0.1) is 0 Å². The molecule has 1 aromatic rings. The minimum absolute atomic E-state index is 0.121. The van der Waals surface area contributed by atoms with Crippen LogP contribution in [0.25, 0.3) is 0 Å². The summed E-state index contributed by atoms with van der Waals surface area (Å²) in [6.07, 6.45) is 0.713. The average molecular weight is 285 g/mol. The first-order valence-corrected chi connectivity index (χ1v) is 6.55. The fourth-order valence-electron chi connectivity index (χ4n) is 1.54. The van der Waals surface area contributed by atoms with Gasteiger partial charge in [-0.3, -0.25) is 0 Å². The zero-order valence-corrected chi connectivity index (χ0v) is 12.0. The predicted molar refractivity (Wildman–Crippen MR) is 74.9 cm³/mol. The quantitative estimate of drug-likeness (QED) is 0.559. The molecule has 0 saturated carbocycles. The van der Waals surface area contributed by atoms with Gasteiger partial charge in [0.15, 0.2) is 17.4 Å². The first-order valence-electron chi connectivity index (χ1n) is 6.55. The van der Waals surface area contributed by atoms with Crippen LogP contribution in [0.5, 0.6) is 5.75 Å². The number of benzene rings is 1. The summed E-state index contributed by atoms with van der Waals surface area (Å²) in [5.41, 5.74) is 1.31. The van der Waals surface area contributed by atoms with Gasteiger partial charge in [0, 0.05) is 20.2 Å². The third kappa shape index (κ3) is 5.27. The van der Waals surface area contributed by atoms with Crippen molar-refractivity contribution in [3.63, 3.8) is 0 Å². The molecule has 5 heteroatoms. The van der Waals surface area contributed by atoms with E-state index in [9.17, 15) is 8.78 Å². The van der Waals surface area contributed by atoms with E-state index < -0.39 is 11.6 Å². The van der Waals surface area contributed by atoms with Gasteiger partial charge < -0.3 is 14.8 Å². The Kier molecular flexibility index (Phi) is 7.18. The van der Waals surface area contributed by atoms with Crippen LogP contribution in [-0.4, -0.2) is 26.9 Å². The average Bonchev–Trinajstić information content (AvgIpc) is 2.42. The monoisotopic (exact) mass is 285 g/mol. The number of nitrogens with one attached hydrogen (secondary N) is 1. The van der Waals surface area contributed by atoms with Crippen LogP contribution in [-0.2, 0) is 11.3 Å². The lowest BCUT2D eigenvalue weighted by atomic mass is 10.2. The fourth-order valence-corrected chi connectivity index (χ4v) is 1.54. The maximum Gasteiger partial charge on any atom is 0.191 e. The molecule has 0 bridgehead atoms. The Morgan fingerprint density at radius 3 is 2.50 bits per heavy atom. The van der Waals surface area contributed by atoms with Crippen molar-refractivity contribution in [2.75, 3.05) is 26.9 Å². The standard InChI is InChI=1S/C15H21F2NO2/c1-4-11(2)10-20-15-13(16)7-12(8-14(15)17)9-18-5-6-19-3/h7-8,18H,2,4-6,9-10H2,1,3H3. The van der Waals surface area contributed by atoms with Gasteiger partial charge in [-0.2, -0.15) is 0 Å². The Balaban J connectivity index is 2.63. The molecule has 0 radical (unpaired) electrons. The van der Waals surface area contributed by atoms with E-state index in [1.807, 2.05) is 6.92 Å². The lowest BCUT2D eigenvalue weighted by molar-refractivity contribution is 0.199. The number of hydrogen-bond donors (Lipinski definition) is 1. The maximum absolute atomic E-state index is 13.8. The Hall–Kier alpha value is -1.46. The molecule has 0 aliphatic carbocycles. The van der Waals surface area contributed by atoms with Gasteiger partial charge in [0.25, 0.3) is 0 Å². The van der Waals surface area contributed by atoms with Crippen molar-refractivity contribution in [2.45, 2.75) is 19.9 Å². The molecule has 3 nitrogen and oxygen atoms in total. The van der Waals surface area contributed by atoms with Crippen LogP contribution in [0.4, 0.5) is 8.78 Å². The number of hydrogen-bond acceptors (Lipinski definition) is 3. The van der Waals surface area contributed by atoms with E-state index in [4.69, 9.17) is 9.47 Å². The Morgan fingerprint density at radius 2 is 1.95 bits per heavy atom. The number of rotatable bonds is 9. The van der Waals surface area contributed by atoms with E-state index in [0.29, 0.717) is 31.7 Å². The van der Waals surface area contributed by atoms with E-state index in [1.165, 1.54) is 12.1 Å². The molecule has 0 aromatic heterocycles. The van der Waals surface area contributed by atoms with E-state index in [2.05, 4.69) is 11.9 Å². The van der Waals surface area contributed by atoms with E-state index in [1.54, 1.807) is 7.11 Å². The molecule has 112 valence electrons. The third-order valence-corrected chi connectivity index (χ3v) is 2.79. The molecule has 0 spiro atoms. The number of halogens is 2. The van der Waals surface area contributed by atoms with Crippen molar-refractivity contribution in [1.82, 2.24) is 5.32 Å². The summed E-state index contributed by atoms with van der Waals surface area (Å²) in [4.78, 5) is 0. The van der Waals surface area contributed by atoms with Crippen LogP contribution >= 0.6 is 0 Å². The van der Waals surface area contributed by atoms with Crippen LogP contribution in [0.3, 0.4) is 0 Å². The highest BCUT2D eigenvalue weighted by atomic mass is 19.1. The summed E-state index contributed by atoms with van der Waals surface area (Å²) in [5.74, 6) is -1.74. The van der Waals surface area contributed by atoms with Gasteiger partial charge in [0.1, 0.15) is 6.61 Å². The van der Waals surface area contributed by atoms with Gasteiger partial charge in [-0.1, -0.05) is 13.5 Å². The Bertz CT molecular complexity index is 426. The van der Waals surface area contributed by atoms with Crippen molar-refractivity contribution in [2.24, 2.45) is 0 Å². The molecular formula is C15H21F2NO2. The molecule has 0 unspecified atom stereocenters. The molecule has 0 saturated heterocycles. The molecule has 0 amide bonds. The number of ether oxygens (including phenoxy) is 2. The minimum Gasteiger partial charge on any atom is -0.483 e. The first kappa shape index (κ1) is 16.6. The van der Waals surface area contributed by atoms with Crippen molar-refractivity contribution in [3.05, 3.63) is 41.5 Å². The lowest BCUT2D eigenvalue weighted by Crippen LogP contribution is -2.18. The van der Waals surface area contributed by atoms with Crippen LogP contribution < -0.4 is 10.1 Å². The molecule has 0 atom stereocenters. The normalized spacial score (nSPS) is 10.6. The van der Waals surface area contributed by atoms with E-state index in [-0.39, 0.29) is 12.4 Å². The molecule has 1 N–H and O–H groups in total. The van der Waals surface area contributed by atoms with E-state index in [0.717, 1.165) is 5.57 Å². The zero-order valence-electron chi connectivity index (χ0n) is 12.0. The van der Waals surface area contributed by atoms with Crippen molar-refractivity contribution < 1.29 is 18.3 Å². The Labute approximate surface area is 118 Å². The second-order valence-electron chi connectivity index (χ2n) is 4.45. The lowest BCUT2D eigenvalue weighted by Gasteiger charge is -2.11. The largest absolute Gasteiger partial charge is 0.483 e. The molecule has 20 heavy (non-hydrogen) atoms. The summed E-state index contributed by atoms with van der Waals surface area (Å²) in [6.45, 7) is 7.30. The van der Waals surface area contributed by atoms with Crippen LogP contribution in [0, 0.1) is 11.6 Å². The topological polar surface area (TPSA) is 30.5 Å². The fraction of sp³-hybridized carbons (Fsp3) is 0.467. The number of methoxy groups -OCH3 is 1. The maximum atomic E-state index is 13.8. The van der Waals surface area contributed by atoms with Crippen molar-refractivity contribution in [3.8, 4) is 5.75 Å². The summed E-state index contributed by atoms with van der Waals surface area (Å²) < 4.78 is 37.6. The second kappa shape index (κ2) is 8.66. The molecule has 0 aliphatic rings. The van der Waals surface area contributed by atoms with Gasteiger partial charge in [0.05, 0.1) is 6.61 Å². The Morgan fingerprint density at radius 1 is 1.30 bits per heavy atom. The van der Waals surface area contributed by atoms with Gasteiger partial charge in [-0.25, -0.2) is 8.78 Å². The smallest absolute Gasteiger partial charge is 0.191 e. The highest BCUT2D eigenvalue weighted by molar-refractivity contribution is 5.31. The highest BCUT2D eigenvalue weighted by Gasteiger charge is 2.12. The summed E-state index contributed by atoms with van der Waals surface area (Å²) in [6, 6.07) is 2.54. The van der Waals surface area contributed by atoms with E-state index >= 15 is 0 Å². The zero-order chi connectivity index (χ0) is 15.0. The predicted octanol–water partition coefficient (Wildman–Crippen LogP) is 3.05. The first-order chi connectivity index (χ1) is 9.58. The highest BCUT2D eigenvalue weighted by Crippen LogP contribution is 2.24. The summed E-state index contributed by atoms with van der Waals surface area (Å²) in [7, 11) is 1.59. The molecule has 0 fully saturated rings. The minimum atomic E-state index is -0.697. The van der Waals surface area contributed by atoms with Crippen molar-refractivity contribution >= 4 is 0 Å². The molecule has 0 heterocycles. The van der Waals surface area contributed by atoms with Crippen LogP contribution in [0.15, 0.2) is 24.3 Å². The molecule has 1 aromatic carbocycles. The molecule has 0 aliphatic heterocycles. The van der Waals surface area contributed by atoms with Crippen molar-refractivity contribution in [1.29, 1.82) is 0 Å². The molecular weight excluding hydrogens is 264 g/mol. The summed E-state index contributed by atoms with van der Waals surface area (Å²) >= 11 is 0. The third-order valence-electron chi connectivity index (χ3n) is 2.79. The van der Waals surface area contributed by atoms with Gasteiger partial charge in [-0.05, 0) is 29.7 Å². The SMILES string of the molecule is C=C(CC)COc1c(F)cc(CNCCOC)cc1F.